The fourth-order valence-electron chi connectivity index (χ4n) is 2.77. The molecule has 0 amide bonds. The zero-order valence-corrected chi connectivity index (χ0v) is 11.1. The largest absolute Gasteiger partial charge is 0.478 e. The second-order valence-electron chi connectivity index (χ2n) is 5.02. The van der Waals surface area contributed by atoms with Gasteiger partial charge in [-0.25, -0.2) is 9.78 Å². The van der Waals surface area contributed by atoms with Crippen molar-refractivity contribution in [1.29, 1.82) is 0 Å². The molecule has 1 aliphatic heterocycles. The lowest BCUT2D eigenvalue weighted by Crippen LogP contribution is -2.23. The van der Waals surface area contributed by atoms with E-state index in [0.717, 1.165) is 19.5 Å². The van der Waals surface area contributed by atoms with Gasteiger partial charge in [-0.15, -0.1) is 0 Å². The van der Waals surface area contributed by atoms with Crippen molar-refractivity contribution < 1.29 is 9.90 Å². The standard InChI is InChI=1S/C16H16N2O2/c19-16(20)14-7-4-9-17-15(14)18-10-8-13(11-18)12-5-2-1-3-6-12/h1-7,9,13H,8,10-11H2,(H,19,20). The van der Waals surface area contributed by atoms with Gasteiger partial charge < -0.3 is 10.0 Å². The Morgan fingerprint density at radius 1 is 1.20 bits per heavy atom. The first-order chi connectivity index (χ1) is 9.75. The lowest BCUT2D eigenvalue weighted by molar-refractivity contribution is 0.0697. The highest BCUT2D eigenvalue weighted by atomic mass is 16.4. The maximum Gasteiger partial charge on any atom is 0.339 e. The summed E-state index contributed by atoms with van der Waals surface area (Å²) in [6.45, 7) is 1.66. The van der Waals surface area contributed by atoms with E-state index in [2.05, 4.69) is 22.0 Å². The molecule has 1 unspecified atom stereocenters. The summed E-state index contributed by atoms with van der Waals surface area (Å²) >= 11 is 0. The lowest BCUT2D eigenvalue weighted by Gasteiger charge is -2.19. The van der Waals surface area contributed by atoms with Crippen LogP contribution in [0.1, 0.15) is 28.3 Å². The first-order valence-corrected chi connectivity index (χ1v) is 6.74. The minimum atomic E-state index is -0.920. The zero-order chi connectivity index (χ0) is 13.9. The van der Waals surface area contributed by atoms with Crippen molar-refractivity contribution in [3.8, 4) is 0 Å². The third-order valence-corrected chi connectivity index (χ3v) is 3.78. The van der Waals surface area contributed by atoms with Crippen molar-refractivity contribution in [2.45, 2.75) is 12.3 Å². The molecule has 1 aromatic heterocycles. The third kappa shape index (κ3) is 2.37. The smallest absolute Gasteiger partial charge is 0.339 e. The Balaban J connectivity index is 1.83. The van der Waals surface area contributed by atoms with Gasteiger partial charge in [0.2, 0.25) is 0 Å². The number of rotatable bonds is 3. The molecule has 1 fully saturated rings. The minimum Gasteiger partial charge on any atom is -0.478 e. The van der Waals surface area contributed by atoms with Crippen LogP contribution in [0.3, 0.4) is 0 Å². The molecule has 1 aliphatic rings. The number of carboxylic acid groups (broad SMARTS) is 1. The first kappa shape index (κ1) is 12.7. The molecule has 102 valence electrons. The van der Waals surface area contributed by atoms with Gasteiger partial charge in [-0.2, -0.15) is 0 Å². The lowest BCUT2D eigenvalue weighted by atomic mass is 9.99. The highest BCUT2D eigenvalue weighted by Crippen LogP contribution is 2.31. The maximum absolute atomic E-state index is 11.3. The molecule has 4 heteroatoms. The van der Waals surface area contributed by atoms with E-state index >= 15 is 0 Å². The molecule has 2 heterocycles. The van der Waals surface area contributed by atoms with Crippen molar-refractivity contribution in [2.75, 3.05) is 18.0 Å². The van der Waals surface area contributed by atoms with Crippen LogP contribution in [0.15, 0.2) is 48.7 Å². The summed E-state index contributed by atoms with van der Waals surface area (Å²) in [5, 5.41) is 9.24. The summed E-state index contributed by atoms with van der Waals surface area (Å²) in [6, 6.07) is 13.6. The molecule has 1 saturated heterocycles. The number of carbonyl (C=O) groups is 1. The van der Waals surface area contributed by atoms with Crippen molar-refractivity contribution in [2.24, 2.45) is 0 Å². The van der Waals surface area contributed by atoms with Crippen LogP contribution in [0.5, 0.6) is 0 Å². The van der Waals surface area contributed by atoms with Gasteiger partial charge in [-0.1, -0.05) is 30.3 Å². The second-order valence-corrected chi connectivity index (χ2v) is 5.02. The van der Waals surface area contributed by atoms with Gasteiger partial charge >= 0.3 is 5.97 Å². The van der Waals surface area contributed by atoms with Crippen LogP contribution in [0.4, 0.5) is 5.82 Å². The van der Waals surface area contributed by atoms with E-state index in [0.29, 0.717) is 11.7 Å². The van der Waals surface area contributed by atoms with Gasteiger partial charge in [0.25, 0.3) is 0 Å². The third-order valence-electron chi connectivity index (χ3n) is 3.78. The van der Waals surface area contributed by atoms with E-state index in [1.54, 1.807) is 18.3 Å². The molecular formula is C16H16N2O2. The summed E-state index contributed by atoms with van der Waals surface area (Å²) < 4.78 is 0. The zero-order valence-electron chi connectivity index (χ0n) is 11.1. The Labute approximate surface area is 117 Å². The summed E-state index contributed by atoms with van der Waals surface area (Å²) in [7, 11) is 0. The van der Waals surface area contributed by atoms with E-state index in [4.69, 9.17) is 0 Å². The van der Waals surface area contributed by atoms with Crippen LogP contribution in [0.25, 0.3) is 0 Å². The number of carboxylic acids is 1. The fourth-order valence-corrected chi connectivity index (χ4v) is 2.77. The van der Waals surface area contributed by atoms with E-state index in [-0.39, 0.29) is 5.56 Å². The molecule has 1 N–H and O–H groups in total. The van der Waals surface area contributed by atoms with Crippen LogP contribution in [0.2, 0.25) is 0 Å². The summed E-state index contributed by atoms with van der Waals surface area (Å²) in [5.41, 5.74) is 1.59. The van der Waals surface area contributed by atoms with Crippen LogP contribution < -0.4 is 4.90 Å². The maximum atomic E-state index is 11.3. The van der Waals surface area contributed by atoms with Crippen molar-refractivity contribution in [1.82, 2.24) is 4.98 Å². The van der Waals surface area contributed by atoms with Crippen molar-refractivity contribution in [3.05, 3.63) is 59.8 Å². The average Bonchev–Trinajstić information content (AvgIpc) is 2.98. The molecule has 0 spiro atoms. The minimum absolute atomic E-state index is 0.279. The molecule has 4 nitrogen and oxygen atoms in total. The van der Waals surface area contributed by atoms with Crippen molar-refractivity contribution in [3.63, 3.8) is 0 Å². The normalized spacial score (nSPS) is 18.2. The van der Waals surface area contributed by atoms with Gasteiger partial charge in [0.05, 0.1) is 0 Å². The molecule has 1 atom stereocenters. The molecule has 0 radical (unpaired) electrons. The topological polar surface area (TPSA) is 53.4 Å². The number of pyridine rings is 1. The molecule has 0 aliphatic carbocycles. The van der Waals surface area contributed by atoms with Crippen LogP contribution >= 0.6 is 0 Å². The highest BCUT2D eigenvalue weighted by molar-refractivity contribution is 5.93. The fraction of sp³-hybridized carbons (Fsp3) is 0.250. The summed E-state index contributed by atoms with van der Waals surface area (Å²) in [4.78, 5) is 17.6. The van der Waals surface area contributed by atoms with Gasteiger partial charge in [-0.05, 0) is 24.1 Å². The van der Waals surface area contributed by atoms with E-state index < -0.39 is 5.97 Å². The van der Waals surface area contributed by atoms with Gasteiger partial charge in [0, 0.05) is 25.2 Å². The number of hydrogen-bond donors (Lipinski definition) is 1. The van der Waals surface area contributed by atoms with Gasteiger partial charge in [-0.3, -0.25) is 0 Å². The van der Waals surface area contributed by atoms with E-state index in [1.165, 1.54) is 5.56 Å². The number of nitrogens with zero attached hydrogens (tertiary/aromatic N) is 2. The monoisotopic (exact) mass is 268 g/mol. The van der Waals surface area contributed by atoms with Gasteiger partial charge in [0.15, 0.2) is 0 Å². The van der Waals surface area contributed by atoms with Crippen LogP contribution in [-0.4, -0.2) is 29.1 Å². The Kier molecular flexibility index (Phi) is 3.37. The molecular weight excluding hydrogens is 252 g/mol. The Morgan fingerprint density at radius 3 is 2.75 bits per heavy atom. The molecule has 2 aromatic rings. The van der Waals surface area contributed by atoms with Crippen LogP contribution in [-0.2, 0) is 0 Å². The van der Waals surface area contributed by atoms with Crippen LogP contribution in [0, 0.1) is 0 Å². The molecule has 20 heavy (non-hydrogen) atoms. The number of anilines is 1. The van der Waals surface area contributed by atoms with E-state index in [9.17, 15) is 9.90 Å². The molecule has 3 rings (SSSR count). The quantitative estimate of drug-likeness (QED) is 0.930. The number of hydrogen-bond acceptors (Lipinski definition) is 3. The first-order valence-electron chi connectivity index (χ1n) is 6.74. The summed E-state index contributed by atoms with van der Waals surface area (Å²) in [6.07, 6.45) is 2.68. The predicted molar refractivity (Wildman–Crippen MR) is 77.2 cm³/mol. The Bertz CT molecular complexity index is 613. The molecule has 0 saturated carbocycles. The Hall–Kier alpha value is -2.36. The molecule has 0 bridgehead atoms. The molecule has 1 aromatic carbocycles. The predicted octanol–water partition coefficient (Wildman–Crippen LogP) is 2.77. The summed E-state index contributed by atoms with van der Waals surface area (Å²) in [5.74, 6) is 0.106. The highest BCUT2D eigenvalue weighted by Gasteiger charge is 2.27. The van der Waals surface area contributed by atoms with Crippen molar-refractivity contribution >= 4 is 11.8 Å². The number of aromatic nitrogens is 1. The number of aromatic carboxylic acids is 1. The second kappa shape index (κ2) is 5.33. The average molecular weight is 268 g/mol. The van der Waals surface area contributed by atoms with E-state index in [1.807, 2.05) is 18.2 Å². The SMILES string of the molecule is O=C(O)c1cccnc1N1CCC(c2ccccc2)C1. The number of benzene rings is 1. The Morgan fingerprint density at radius 2 is 2.00 bits per heavy atom. The van der Waals surface area contributed by atoms with Gasteiger partial charge in [0.1, 0.15) is 11.4 Å².